The molecule has 0 radical (unpaired) electrons. The molecule has 3 aromatic rings. The van der Waals surface area contributed by atoms with Gasteiger partial charge in [-0.3, -0.25) is 24.3 Å². The first-order valence-corrected chi connectivity index (χ1v) is 9.57. The lowest BCUT2D eigenvalue weighted by atomic mass is 10.1. The SMILES string of the molecule is CC(C)Cc1nnc(NC(=O)CNC(=O)Cn2cnc3ccccc3c2=O)s1. The zero-order valence-electron chi connectivity index (χ0n) is 15.5. The smallest absolute Gasteiger partial charge is 0.261 e. The number of benzene rings is 1. The molecule has 0 aliphatic heterocycles. The molecular formula is C18H20N6O3S. The quantitative estimate of drug-likeness (QED) is 0.615. The molecule has 146 valence electrons. The van der Waals surface area contributed by atoms with Crippen molar-refractivity contribution in [3.8, 4) is 0 Å². The summed E-state index contributed by atoms with van der Waals surface area (Å²) in [5, 5.41) is 14.7. The van der Waals surface area contributed by atoms with Crippen LogP contribution >= 0.6 is 11.3 Å². The van der Waals surface area contributed by atoms with Gasteiger partial charge < -0.3 is 5.32 Å². The van der Waals surface area contributed by atoms with E-state index in [9.17, 15) is 14.4 Å². The standard InChI is InChI=1S/C18H20N6O3S/c1-11(2)7-16-22-23-18(28-16)21-14(25)8-19-15(26)9-24-10-20-13-6-4-3-5-12(13)17(24)27/h3-6,10-11H,7-9H2,1-2H3,(H,19,26)(H,21,23,25). The van der Waals surface area contributed by atoms with E-state index < -0.39 is 11.8 Å². The normalized spacial score (nSPS) is 11.0. The predicted molar refractivity (Wildman–Crippen MR) is 106 cm³/mol. The molecule has 0 aliphatic carbocycles. The summed E-state index contributed by atoms with van der Waals surface area (Å²) in [6.45, 7) is 3.70. The molecule has 9 nitrogen and oxygen atoms in total. The van der Waals surface area contributed by atoms with Crippen LogP contribution in [0.4, 0.5) is 5.13 Å². The van der Waals surface area contributed by atoms with E-state index >= 15 is 0 Å². The van der Waals surface area contributed by atoms with E-state index in [0.717, 1.165) is 11.4 Å². The molecule has 0 aliphatic rings. The van der Waals surface area contributed by atoms with Gasteiger partial charge in [0.2, 0.25) is 16.9 Å². The average Bonchev–Trinajstić information content (AvgIpc) is 3.08. The van der Waals surface area contributed by atoms with Gasteiger partial charge in [-0.05, 0) is 18.1 Å². The highest BCUT2D eigenvalue weighted by atomic mass is 32.1. The summed E-state index contributed by atoms with van der Waals surface area (Å²) in [7, 11) is 0. The minimum atomic E-state index is -0.466. The van der Waals surface area contributed by atoms with Crippen LogP contribution in [-0.4, -0.2) is 38.1 Å². The molecule has 2 heterocycles. The van der Waals surface area contributed by atoms with Gasteiger partial charge in [0.25, 0.3) is 5.56 Å². The molecule has 0 atom stereocenters. The molecule has 10 heteroatoms. The van der Waals surface area contributed by atoms with Gasteiger partial charge in [0.1, 0.15) is 11.6 Å². The lowest BCUT2D eigenvalue weighted by Crippen LogP contribution is -2.37. The lowest BCUT2D eigenvalue weighted by Gasteiger charge is -2.07. The third-order valence-corrected chi connectivity index (χ3v) is 4.65. The van der Waals surface area contributed by atoms with Gasteiger partial charge in [0, 0.05) is 6.42 Å². The van der Waals surface area contributed by atoms with Crippen molar-refractivity contribution in [3.05, 3.63) is 46.0 Å². The molecule has 2 amide bonds. The first-order chi connectivity index (χ1) is 13.4. The number of fused-ring (bicyclic) bond motifs is 1. The summed E-state index contributed by atoms with van der Waals surface area (Å²) in [4.78, 5) is 40.6. The number of carbonyl (C=O) groups is 2. The molecule has 0 bridgehead atoms. The molecule has 28 heavy (non-hydrogen) atoms. The van der Waals surface area contributed by atoms with Crippen LogP contribution in [0.3, 0.4) is 0 Å². The molecule has 0 saturated heterocycles. The highest BCUT2D eigenvalue weighted by Gasteiger charge is 2.12. The Balaban J connectivity index is 1.53. The average molecular weight is 400 g/mol. The summed E-state index contributed by atoms with van der Waals surface area (Å²) in [6.07, 6.45) is 2.11. The first kappa shape index (κ1) is 19.6. The lowest BCUT2D eigenvalue weighted by molar-refractivity contribution is -0.124. The zero-order valence-corrected chi connectivity index (χ0v) is 16.3. The Kier molecular flexibility index (Phi) is 6.09. The number of hydrogen-bond donors (Lipinski definition) is 2. The van der Waals surface area contributed by atoms with Gasteiger partial charge in [0.05, 0.1) is 23.8 Å². The van der Waals surface area contributed by atoms with E-state index in [1.165, 1.54) is 22.2 Å². The minimum Gasteiger partial charge on any atom is -0.345 e. The number of nitrogens with one attached hydrogen (secondary N) is 2. The van der Waals surface area contributed by atoms with Crippen molar-refractivity contribution in [2.24, 2.45) is 5.92 Å². The highest BCUT2D eigenvalue weighted by molar-refractivity contribution is 7.15. The van der Waals surface area contributed by atoms with Crippen LogP contribution in [0, 0.1) is 5.92 Å². The van der Waals surface area contributed by atoms with Crippen LogP contribution in [0.25, 0.3) is 10.9 Å². The van der Waals surface area contributed by atoms with E-state index in [-0.39, 0.29) is 18.6 Å². The number of rotatable bonds is 7. The summed E-state index contributed by atoms with van der Waals surface area (Å²) in [5.74, 6) is -0.430. The second-order valence-electron chi connectivity index (χ2n) is 6.62. The summed E-state index contributed by atoms with van der Waals surface area (Å²) in [6, 6.07) is 6.90. The van der Waals surface area contributed by atoms with Gasteiger partial charge in [-0.1, -0.05) is 37.3 Å². The predicted octanol–water partition coefficient (Wildman–Crippen LogP) is 1.20. The Morgan fingerprint density at radius 3 is 2.75 bits per heavy atom. The maximum absolute atomic E-state index is 12.4. The van der Waals surface area contributed by atoms with E-state index in [1.807, 2.05) is 0 Å². The Morgan fingerprint density at radius 1 is 1.18 bits per heavy atom. The van der Waals surface area contributed by atoms with Gasteiger partial charge in [-0.15, -0.1) is 10.2 Å². The maximum atomic E-state index is 12.4. The van der Waals surface area contributed by atoms with Gasteiger partial charge in [0.15, 0.2) is 0 Å². The minimum absolute atomic E-state index is 0.221. The van der Waals surface area contributed by atoms with Crippen LogP contribution < -0.4 is 16.2 Å². The third-order valence-electron chi connectivity index (χ3n) is 3.79. The number of amides is 2. The Morgan fingerprint density at radius 2 is 1.96 bits per heavy atom. The van der Waals surface area contributed by atoms with Crippen molar-refractivity contribution >= 4 is 39.2 Å². The van der Waals surface area contributed by atoms with E-state index in [1.54, 1.807) is 24.3 Å². The van der Waals surface area contributed by atoms with Crippen LogP contribution in [-0.2, 0) is 22.6 Å². The highest BCUT2D eigenvalue weighted by Crippen LogP contribution is 2.17. The Labute approximate surface area is 164 Å². The zero-order chi connectivity index (χ0) is 20.1. The molecule has 0 unspecified atom stereocenters. The molecule has 2 aromatic heterocycles. The van der Waals surface area contributed by atoms with Crippen molar-refractivity contribution < 1.29 is 9.59 Å². The molecule has 0 spiro atoms. The van der Waals surface area contributed by atoms with Gasteiger partial charge in [-0.2, -0.15) is 0 Å². The van der Waals surface area contributed by atoms with Crippen molar-refractivity contribution in [1.82, 2.24) is 25.1 Å². The fourth-order valence-corrected chi connectivity index (χ4v) is 3.48. The third kappa shape index (κ3) is 4.97. The van der Waals surface area contributed by atoms with E-state index in [0.29, 0.717) is 22.0 Å². The summed E-state index contributed by atoms with van der Waals surface area (Å²) in [5.41, 5.74) is 0.258. The van der Waals surface area contributed by atoms with Crippen LogP contribution in [0.2, 0.25) is 0 Å². The molecule has 3 rings (SSSR count). The first-order valence-electron chi connectivity index (χ1n) is 8.75. The van der Waals surface area contributed by atoms with Gasteiger partial charge in [-0.25, -0.2) is 4.98 Å². The second-order valence-corrected chi connectivity index (χ2v) is 7.68. The van der Waals surface area contributed by atoms with Crippen LogP contribution in [0.1, 0.15) is 18.9 Å². The fourth-order valence-electron chi connectivity index (χ4n) is 2.51. The topological polar surface area (TPSA) is 119 Å². The Bertz CT molecular complexity index is 1060. The van der Waals surface area contributed by atoms with Crippen LogP contribution in [0.15, 0.2) is 35.4 Å². The van der Waals surface area contributed by atoms with Crippen molar-refractivity contribution in [2.75, 3.05) is 11.9 Å². The number of aromatic nitrogens is 4. The van der Waals surface area contributed by atoms with Crippen molar-refractivity contribution in [3.63, 3.8) is 0 Å². The number of carbonyl (C=O) groups excluding carboxylic acids is 2. The number of nitrogens with zero attached hydrogens (tertiary/aromatic N) is 4. The molecule has 0 fully saturated rings. The van der Waals surface area contributed by atoms with E-state index in [2.05, 4.69) is 39.7 Å². The fraction of sp³-hybridized carbons (Fsp3) is 0.333. The van der Waals surface area contributed by atoms with Crippen molar-refractivity contribution in [2.45, 2.75) is 26.8 Å². The molecule has 2 N–H and O–H groups in total. The van der Waals surface area contributed by atoms with E-state index in [4.69, 9.17) is 0 Å². The molecule has 1 aromatic carbocycles. The maximum Gasteiger partial charge on any atom is 0.261 e. The monoisotopic (exact) mass is 400 g/mol. The number of anilines is 1. The Hall–Kier alpha value is -3.14. The van der Waals surface area contributed by atoms with Crippen LogP contribution in [0.5, 0.6) is 0 Å². The van der Waals surface area contributed by atoms with Gasteiger partial charge >= 0.3 is 0 Å². The summed E-state index contributed by atoms with van der Waals surface area (Å²) < 4.78 is 1.21. The number of hydrogen-bond acceptors (Lipinski definition) is 7. The largest absolute Gasteiger partial charge is 0.345 e. The summed E-state index contributed by atoms with van der Waals surface area (Å²) >= 11 is 1.31. The molecular weight excluding hydrogens is 380 g/mol. The number of para-hydroxylation sites is 1. The molecule has 0 saturated carbocycles. The van der Waals surface area contributed by atoms with Crippen molar-refractivity contribution in [1.29, 1.82) is 0 Å². The second kappa shape index (κ2) is 8.70.